The fourth-order valence-corrected chi connectivity index (χ4v) is 2.09. The number of benzene rings is 1. The number of hydrogen-bond acceptors (Lipinski definition) is 5. The molecular formula is C13H15ClN4O3. The molecule has 112 valence electrons. The highest BCUT2D eigenvalue weighted by molar-refractivity contribution is 6.34. The summed E-state index contributed by atoms with van der Waals surface area (Å²) in [6.07, 6.45) is 0.173. The van der Waals surface area contributed by atoms with Gasteiger partial charge in [0.1, 0.15) is 5.69 Å². The molecule has 0 radical (unpaired) electrons. The third-order valence-electron chi connectivity index (χ3n) is 3.13. The standard InChI is InChI=1S/C13H15ClN4O3/c1-8(4-5-15)17(3)13(19)9-6-10(14)12(16-2)11(7-9)18(20)21/h6-8,16H,4H2,1-3H3. The minimum Gasteiger partial charge on any atom is -0.381 e. The van der Waals surface area contributed by atoms with E-state index in [1.54, 1.807) is 6.92 Å². The van der Waals surface area contributed by atoms with Crippen molar-refractivity contribution in [3.05, 3.63) is 32.8 Å². The van der Waals surface area contributed by atoms with Crippen LogP contribution in [0, 0.1) is 21.4 Å². The topological polar surface area (TPSA) is 99.3 Å². The summed E-state index contributed by atoms with van der Waals surface area (Å²) in [5, 5.41) is 22.4. The average molecular weight is 311 g/mol. The summed E-state index contributed by atoms with van der Waals surface area (Å²) in [6.45, 7) is 1.72. The van der Waals surface area contributed by atoms with Gasteiger partial charge in [0.25, 0.3) is 11.6 Å². The number of nitrogens with zero attached hydrogens (tertiary/aromatic N) is 3. The molecule has 1 rings (SSSR count). The Hall–Kier alpha value is -2.33. The molecule has 21 heavy (non-hydrogen) atoms. The first-order valence-electron chi connectivity index (χ1n) is 6.13. The van der Waals surface area contributed by atoms with Gasteiger partial charge in [0.15, 0.2) is 0 Å². The van der Waals surface area contributed by atoms with E-state index in [2.05, 4.69) is 5.32 Å². The fraction of sp³-hybridized carbons (Fsp3) is 0.385. The second kappa shape index (κ2) is 6.90. The van der Waals surface area contributed by atoms with Crippen LogP contribution in [0.5, 0.6) is 0 Å². The van der Waals surface area contributed by atoms with Crippen LogP contribution in [0.2, 0.25) is 5.02 Å². The molecule has 1 N–H and O–H groups in total. The first-order valence-corrected chi connectivity index (χ1v) is 6.51. The number of amides is 1. The van der Waals surface area contributed by atoms with Gasteiger partial charge in [-0.25, -0.2) is 0 Å². The van der Waals surface area contributed by atoms with Crippen LogP contribution in [0.4, 0.5) is 11.4 Å². The van der Waals surface area contributed by atoms with Crippen LogP contribution in [-0.4, -0.2) is 35.9 Å². The van der Waals surface area contributed by atoms with Gasteiger partial charge in [-0.15, -0.1) is 0 Å². The molecule has 7 nitrogen and oxygen atoms in total. The van der Waals surface area contributed by atoms with Gasteiger partial charge in [-0.2, -0.15) is 5.26 Å². The van der Waals surface area contributed by atoms with Gasteiger partial charge < -0.3 is 10.2 Å². The molecule has 1 unspecified atom stereocenters. The van der Waals surface area contributed by atoms with Crippen molar-refractivity contribution >= 4 is 28.9 Å². The van der Waals surface area contributed by atoms with Gasteiger partial charge in [0, 0.05) is 31.8 Å². The molecule has 0 spiro atoms. The molecule has 0 heterocycles. The molecule has 0 fully saturated rings. The molecule has 0 aliphatic carbocycles. The summed E-state index contributed by atoms with van der Waals surface area (Å²) in [5.41, 5.74) is -0.00128. The van der Waals surface area contributed by atoms with E-state index in [0.29, 0.717) is 0 Å². The zero-order valence-corrected chi connectivity index (χ0v) is 12.6. The highest BCUT2D eigenvalue weighted by atomic mass is 35.5. The molecule has 1 aromatic carbocycles. The SMILES string of the molecule is CNc1c(Cl)cc(C(=O)N(C)C(C)CC#N)cc1[N+](=O)[O-]. The molecule has 1 aromatic rings. The predicted molar refractivity (Wildman–Crippen MR) is 79.4 cm³/mol. The van der Waals surface area contributed by atoms with Crippen LogP contribution in [0.3, 0.4) is 0 Å². The van der Waals surface area contributed by atoms with Crippen molar-refractivity contribution in [3.63, 3.8) is 0 Å². The average Bonchev–Trinajstić information content (AvgIpc) is 2.44. The lowest BCUT2D eigenvalue weighted by Gasteiger charge is -2.23. The zero-order chi connectivity index (χ0) is 16.2. The monoisotopic (exact) mass is 310 g/mol. The number of nitrogens with one attached hydrogen (secondary N) is 1. The van der Waals surface area contributed by atoms with Crippen molar-refractivity contribution in [1.29, 1.82) is 5.26 Å². The third-order valence-corrected chi connectivity index (χ3v) is 3.43. The van der Waals surface area contributed by atoms with Crippen LogP contribution in [0.1, 0.15) is 23.7 Å². The van der Waals surface area contributed by atoms with E-state index < -0.39 is 10.8 Å². The first kappa shape index (κ1) is 16.7. The van der Waals surface area contributed by atoms with Gasteiger partial charge >= 0.3 is 0 Å². The lowest BCUT2D eigenvalue weighted by atomic mass is 10.1. The normalized spacial score (nSPS) is 11.4. The number of carbonyl (C=O) groups is 1. The van der Waals surface area contributed by atoms with Crippen LogP contribution in [0.15, 0.2) is 12.1 Å². The van der Waals surface area contributed by atoms with E-state index >= 15 is 0 Å². The van der Waals surface area contributed by atoms with E-state index in [9.17, 15) is 14.9 Å². The highest BCUT2D eigenvalue weighted by Crippen LogP contribution is 2.33. The lowest BCUT2D eigenvalue weighted by molar-refractivity contribution is -0.384. The smallest absolute Gasteiger partial charge is 0.294 e. The van der Waals surface area contributed by atoms with Crippen molar-refractivity contribution in [2.75, 3.05) is 19.4 Å². The van der Waals surface area contributed by atoms with Gasteiger partial charge in [0.2, 0.25) is 0 Å². The van der Waals surface area contributed by atoms with Gasteiger partial charge in [0.05, 0.1) is 22.4 Å². The minimum absolute atomic E-state index is 0.0939. The summed E-state index contributed by atoms with van der Waals surface area (Å²) >= 11 is 5.98. The summed E-state index contributed by atoms with van der Waals surface area (Å²) in [4.78, 5) is 24.1. The van der Waals surface area contributed by atoms with Crippen LogP contribution in [-0.2, 0) is 0 Å². The van der Waals surface area contributed by atoms with Crippen LogP contribution in [0.25, 0.3) is 0 Å². The number of halogens is 1. The predicted octanol–water partition coefficient (Wildman–Crippen LogP) is 2.66. The second-order valence-corrected chi connectivity index (χ2v) is 4.89. The maximum Gasteiger partial charge on any atom is 0.294 e. The highest BCUT2D eigenvalue weighted by Gasteiger charge is 2.24. The molecular weight excluding hydrogens is 296 g/mol. The molecule has 0 saturated heterocycles. The number of nitriles is 1. The van der Waals surface area contributed by atoms with E-state index in [1.165, 1.54) is 31.1 Å². The van der Waals surface area contributed by atoms with Crippen molar-refractivity contribution in [2.45, 2.75) is 19.4 Å². The maximum atomic E-state index is 12.3. The third kappa shape index (κ3) is 3.61. The minimum atomic E-state index is -0.604. The lowest BCUT2D eigenvalue weighted by Crippen LogP contribution is -2.34. The van der Waals surface area contributed by atoms with E-state index in [4.69, 9.17) is 16.9 Å². The Morgan fingerprint density at radius 3 is 2.71 bits per heavy atom. The Labute approximate surface area is 127 Å². The number of carbonyl (C=O) groups excluding carboxylic acids is 1. The van der Waals surface area contributed by atoms with E-state index in [-0.39, 0.29) is 34.4 Å². The Bertz CT molecular complexity index is 612. The summed E-state index contributed by atoms with van der Waals surface area (Å²) in [6, 6.07) is 4.22. The largest absolute Gasteiger partial charge is 0.381 e. The number of nitro benzene ring substituents is 1. The number of hydrogen-bond donors (Lipinski definition) is 1. The zero-order valence-electron chi connectivity index (χ0n) is 11.9. The van der Waals surface area contributed by atoms with Crippen LogP contribution < -0.4 is 5.32 Å². The van der Waals surface area contributed by atoms with Crippen molar-refractivity contribution < 1.29 is 9.72 Å². The molecule has 8 heteroatoms. The summed E-state index contributed by atoms with van der Waals surface area (Å²) < 4.78 is 0. The molecule has 0 aromatic heterocycles. The van der Waals surface area contributed by atoms with Crippen molar-refractivity contribution in [2.24, 2.45) is 0 Å². The van der Waals surface area contributed by atoms with Gasteiger partial charge in [-0.1, -0.05) is 11.6 Å². The summed E-state index contributed by atoms with van der Waals surface area (Å²) in [5.74, 6) is -0.426. The Kier molecular flexibility index (Phi) is 5.50. The first-order chi connectivity index (χ1) is 9.83. The van der Waals surface area contributed by atoms with Crippen molar-refractivity contribution in [3.8, 4) is 6.07 Å². The second-order valence-electron chi connectivity index (χ2n) is 4.49. The van der Waals surface area contributed by atoms with Gasteiger partial charge in [-0.05, 0) is 13.0 Å². The molecule has 0 bridgehead atoms. The number of anilines is 1. The van der Waals surface area contributed by atoms with Gasteiger partial charge in [-0.3, -0.25) is 14.9 Å². The maximum absolute atomic E-state index is 12.3. The van der Waals surface area contributed by atoms with E-state index in [0.717, 1.165) is 0 Å². The summed E-state index contributed by atoms with van der Waals surface area (Å²) in [7, 11) is 3.05. The molecule has 1 atom stereocenters. The fourth-order valence-electron chi connectivity index (χ4n) is 1.78. The number of nitro groups is 1. The Morgan fingerprint density at radius 2 is 2.24 bits per heavy atom. The molecule has 0 aliphatic rings. The van der Waals surface area contributed by atoms with Crippen molar-refractivity contribution in [1.82, 2.24) is 4.90 Å². The Balaban J connectivity index is 3.23. The van der Waals surface area contributed by atoms with E-state index in [1.807, 2.05) is 6.07 Å². The van der Waals surface area contributed by atoms with Crippen LogP contribution >= 0.6 is 11.6 Å². The molecule has 1 amide bonds. The number of rotatable bonds is 5. The Morgan fingerprint density at radius 1 is 1.62 bits per heavy atom. The molecule has 0 saturated carbocycles. The quantitative estimate of drug-likeness (QED) is 0.665. The molecule has 0 aliphatic heterocycles.